The number of benzene rings is 2. The highest BCUT2D eigenvalue weighted by atomic mass is 16.5. The zero-order valence-corrected chi connectivity index (χ0v) is 19.2. The van der Waals surface area contributed by atoms with E-state index in [1.807, 2.05) is 66.4 Å². The number of amides is 1. The molecule has 0 unspecified atom stereocenters. The lowest BCUT2D eigenvalue weighted by Gasteiger charge is -2.35. The molecular weight excluding hydrogens is 420 g/mol. The zero-order chi connectivity index (χ0) is 23.2. The third kappa shape index (κ3) is 5.16. The quantitative estimate of drug-likeness (QED) is 0.549. The maximum absolute atomic E-state index is 12.6. The molecule has 3 aromatic rings. The minimum Gasteiger partial charge on any atom is -0.493 e. The molecule has 0 N–H and O–H groups in total. The van der Waals surface area contributed by atoms with Gasteiger partial charge in [-0.25, -0.2) is 0 Å². The number of aryl methyl sites for hydroxylation is 1. The van der Waals surface area contributed by atoms with Crippen LogP contribution < -0.4 is 19.1 Å². The first-order valence-corrected chi connectivity index (χ1v) is 10.9. The second-order valence-corrected chi connectivity index (χ2v) is 7.77. The summed E-state index contributed by atoms with van der Waals surface area (Å²) in [5.41, 5.74) is 2.67. The number of rotatable bonds is 7. The molecule has 1 fully saturated rings. The van der Waals surface area contributed by atoms with Gasteiger partial charge in [0.05, 0.1) is 19.9 Å². The number of ether oxygens (including phenoxy) is 3. The number of para-hydroxylation sites is 1. The van der Waals surface area contributed by atoms with E-state index in [4.69, 9.17) is 14.2 Å². The molecule has 0 bridgehead atoms. The molecule has 0 aliphatic carbocycles. The molecule has 4 rings (SSSR count). The number of hydrogen-bond donors (Lipinski definition) is 0. The fourth-order valence-electron chi connectivity index (χ4n) is 3.78. The van der Waals surface area contributed by atoms with Gasteiger partial charge in [-0.05, 0) is 48.9 Å². The van der Waals surface area contributed by atoms with Crippen molar-refractivity contribution in [1.29, 1.82) is 0 Å². The Labute approximate surface area is 193 Å². The second-order valence-electron chi connectivity index (χ2n) is 7.77. The zero-order valence-electron chi connectivity index (χ0n) is 19.2. The summed E-state index contributed by atoms with van der Waals surface area (Å²) >= 11 is 0. The topological polar surface area (TPSA) is 77.0 Å². The summed E-state index contributed by atoms with van der Waals surface area (Å²) in [4.78, 5) is 16.5. The molecule has 2 heterocycles. The highest BCUT2D eigenvalue weighted by Crippen LogP contribution is 2.31. The molecule has 1 saturated heterocycles. The fourth-order valence-corrected chi connectivity index (χ4v) is 3.78. The summed E-state index contributed by atoms with van der Waals surface area (Å²) in [5, 5.41) is 8.80. The van der Waals surface area contributed by atoms with Crippen LogP contribution in [0.15, 0.2) is 54.6 Å². The van der Waals surface area contributed by atoms with Gasteiger partial charge in [-0.1, -0.05) is 18.2 Å². The lowest BCUT2D eigenvalue weighted by atomic mass is 10.1. The van der Waals surface area contributed by atoms with Crippen LogP contribution in [0.3, 0.4) is 0 Å². The summed E-state index contributed by atoms with van der Waals surface area (Å²) < 4.78 is 16.4. The third-order valence-electron chi connectivity index (χ3n) is 5.73. The van der Waals surface area contributed by atoms with Crippen LogP contribution in [0, 0.1) is 6.92 Å². The van der Waals surface area contributed by atoms with Gasteiger partial charge >= 0.3 is 0 Å². The Bertz CT molecular complexity index is 1100. The van der Waals surface area contributed by atoms with E-state index in [1.165, 1.54) is 0 Å². The molecule has 0 spiro atoms. The number of carbonyl (C=O) groups excluding carboxylic acids is 1. The molecular formula is C25H28N4O4. The van der Waals surface area contributed by atoms with Crippen LogP contribution in [0.25, 0.3) is 11.3 Å². The Kier molecular flexibility index (Phi) is 6.92. The van der Waals surface area contributed by atoms with Gasteiger partial charge in [0, 0.05) is 31.7 Å². The molecule has 0 atom stereocenters. The van der Waals surface area contributed by atoms with Crippen molar-refractivity contribution in [2.45, 2.75) is 6.92 Å². The standard InChI is InChI=1S/C25H28N4O4/c1-18-6-4-5-7-21(18)33-17-25(30)29-14-12-28(13-15-29)24-11-9-20(26-27-24)19-8-10-22(31-2)23(16-19)32-3/h4-11,16H,12-15,17H2,1-3H3. The normalized spacial score (nSPS) is 13.5. The van der Waals surface area contributed by atoms with Gasteiger partial charge < -0.3 is 24.0 Å². The Hall–Kier alpha value is -3.81. The van der Waals surface area contributed by atoms with Crippen molar-refractivity contribution < 1.29 is 19.0 Å². The molecule has 1 aliphatic rings. The summed E-state index contributed by atoms with van der Waals surface area (Å²) in [6, 6.07) is 17.3. The van der Waals surface area contributed by atoms with Crippen molar-refractivity contribution in [3.8, 4) is 28.5 Å². The predicted octanol–water partition coefficient (Wildman–Crippen LogP) is 3.20. The number of carbonyl (C=O) groups is 1. The van der Waals surface area contributed by atoms with Gasteiger partial charge in [0.15, 0.2) is 23.9 Å². The lowest BCUT2D eigenvalue weighted by Crippen LogP contribution is -2.50. The van der Waals surface area contributed by atoms with E-state index in [-0.39, 0.29) is 12.5 Å². The van der Waals surface area contributed by atoms with Gasteiger partial charge in [-0.3, -0.25) is 4.79 Å². The van der Waals surface area contributed by atoms with Crippen molar-refractivity contribution in [3.63, 3.8) is 0 Å². The van der Waals surface area contributed by atoms with Gasteiger partial charge in [0.2, 0.25) is 0 Å². The maximum Gasteiger partial charge on any atom is 0.260 e. The van der Waals surface area contributed by atoms with Gasteiger partial charge in [-0.2, -0.15) is 0 Å². The molecule has 8 heteroatoms. The van der Waals surface area contributed by atoms with Crippen LogP contribution >= 0.6 is 0 Å². The highest BCUT2D eigenvalue weighted by Gasteiger charge is 2.22. The minimum absolute atomic E-state index is 0.00668. The Morgan fingerprint density at radius 2 is 1.64 bits per heavy atom. The summed E-state index contributed by atoms with van der Waals surface area (Å²) in [5.74, 6) is 2.85. The fraction of sp³-hybridized carbons (Fsp3) is 0.320. The SMILES string of the molecule is COc1ccc(-c2ccc(N3CCN(C(=O)COc4ccccc4C)CC3)nn2)cc1OC. The van der Waals surface area contributed by atoms with Crippen LogP contribution in [0.4, 0.5) is 5.82 Å². The largest absolute Gasteiger partial charge is 0.493 e. The molecule has 1 aromatic heterocycles. The van der Waals surface area contributed by atoms with E-state index in [9.17, 15) is 4.79 Å². The van der Waals surface area contributed by atoms with Crippen molar-refractivity contribution in [1.82, 2.24) is 15.1 Å². The second kappa shape index (κ2) is 10.2. The molecule has 172 valence electrons. The van der Waals surface area contributed by atoms with Crippen molar-refractivity contribution in [3.05, 3.63) is 60.2 Å². The first kappa shape index (κ1) is 22.4. The van der Waals surface area contributed by atoms with Crippen molar-refractivity contribution in [2.24, 2.45) is 0 Å². The first-order valence-electron chi connectivity index (χ1n) is 10.9. The van der Waals surface area contributed by atoms with Crippen molar-refractivity contribution in [2.75, 3.05) is 51.9 Å². The number of piperazine rings is 1. The van der Waals surface area contributed by atoms with Crippen LogP contribution in [0.1, 0.15) is 5.56 Å². The molecule has 0 radical (unpaired) electrons. The molecule has 1 amide bonds. The van der Waals surface area contributed by atoms with E-state index >= 15 is 0 Å². The third-order valence-corrected chi connectivity index (χ3v) is 5.73. The summed E-state index contributed by atoms with van der Waals surface area (Å²) in [6.07, 6.45) is 0. The molecule has 8 nitrogen and oxygen atoms in total. The lowest BCUT2D eigenvalue weighted by molar-refractivity contribution is -0.133. The summed E-state index contributed by atoms with van der Waals surface area (Å²) in [6.45, 7) is 4.64. The van der Waals surface area contributed by atoms with Crippen molar-refractivity contribution >= 4 is 11.7 Å². The van der Waals surface area contributed by atoms with E-state index in [2.05, 4.69) is 15.1 Å². The van der Waals surface area contributed by atoms with Crippen LogP contribution in [-0.2, 0) is 4.79 Å². The number of aromatic nitrogens is 2. The Balaban J connectivity index is 1.32. The van der Waals surface area contributed by atoms with E-state index in [0.717, 1.165) is 28.4 Å². The van der Waals surface area contributed by atoms with E-state index in [1.54, 1.807) is 14.2 Å². The highest BCUT2D eigenvalue weighted by molar-refractivity contribution is 5.78. The number of nitrogens with zero attached hydrogens (tertiary/aromatic N) is 4. The molecule has 2 aromatic carbocycles. The molecule has 1 aliphatic heterocycles. The number of anilines is 1. The van der Waals surface area contributed by atoms with Gasteiger partial charge in [-0.15, -0.1) is 10.2 Å². The van der Waals surface area contributed by atoms with Crippen LogP contribution in [-0.4, -0.2) is 68.0 Å². The Morgan fingerprint density at radius 1 is 0.879 bits per heavy atom. The van der Waals surface area contributed by atoms with Crippen LogP contribution in [0.5, 0.6) is 17.2 Å². The van der Waals surface area contributed by atoms with Gasteiger partial charge in [0.25, 0.3) is 5.91 Å². The first-order chi connectivity index (χ1) is 16.1. The maximum atomic E-state index is 12.6. The average Bonchev–Trinajstić information content (AvgIpc) is 2.88. The summed E-state index contributed by atoms with van der Waals surface area (Å²) in [7, 11) is 3.21. The van der Waals surface area contributed by atoms with E-state index in [0.29, 0.717) is 37.7 Å². The minimum atomic E-state index is -0.00668. The van der Waals surface area contributed by atoms with Gasteiger partial charge in [0.1, 0.15) is 5.75 Å². The Morgan fingerprint density at radius 3 is 2.30 bits per heavy atom. The molecule has 33 heavy (non-hydrogen) atoms. The number of hydrogen-bond acceptors (Lipinski definition) is 7. The average molecular weight is 449 g/mol. The smallest absolute Gasteiger partial charge is 0.260 e. The predicted molar refractivity (Wildman–Crippen MR) is 126 cm³/mol. The monoisotopic (exact) mass is 448 g/mol. The van der Waals surface area contributed by atoms with Crippen LogP contribution in [0.2, 0.25) is 0 Å². The number of methoxy groups -OCH3 is 2. The molecule has 0 saturated carbocycles. The van der Waals surface area contributed by atoms with E-state index < -0.39 is 0 Å².